The lowest BCUT2D eigenvalue weighted by Gasteiger charge is -2.25. The summed E-state index contributed by atoms with van der Waals surface area (Å²) in [7, 11) is 1.43. The molecule has 1 fully saturated rings. The maximum absolute atomic E-state index is 10.6. The highest BCUT2D eigenvalue weighted by molar-refractivity contribution is 5.73. The van der Waals surface area contributed by atoms with Gasteiger partial charge in [0.2, 0.25) is 0 Å². The summed E-state index contributed by atoms with van der Waals surface area (Å²) in [5.74, 6) is -2.33. The lowest BCUT2D eigenvalue weighted by molar-refractivity contribution is -0.192. The molecule has 94 valence electrons. The first kappa shape index (κ1) is 14.7. The van der Waals surface area contributed by atoms with Gasteiger partial charge in [0.05, 0.1) is 13.5 Å². The van der Waals surface area contributed by atoms with Gasteiger partial charge in [-0.25, -0.2) is 4.79 Å². The van der Waals surface area contributed by atoms with E-state index in [4.69, 9.17) is 9.90 Å². The topological polar surface area (TPSA) is 75.6 Å². The number of nitrogens with one attached hydrogen (secondary N) is 1. The molecule has 5 nitrogen and oxygen atoms in total. The first-order valence-corrected chi connectivity index (χ1v) is 4.35. The van der Waals surface area contributed by atoms with Gasteiger partial charge >= 0.3 is 18.1 Å². The predicted octanol–water partition coefficient (Wildman–Crippen LogP) is 0.402. The second-order valence-electron chi connectivity index (χ2n) is 3.11. The fourth-order valence-corrected chi connectivity index (χ4v) is 0.812. The number of hydrogen-bond donors (Lipinski definition) is 2. The zero-order valence-corrected chi connectivity index (χ0v) is 8.50. The Morgan fingerprint density at radius 1 is 1.44 bits per heavy atom. The molecule has 0 spiro atoms. The average Bonchev–Trinajstić information content (AvgIpc) is 2.10. The summed E-state index contributed by atoms with van der Waals surface area (Å²) in [4.78, 5) is 19.5. The molecule has 0 amide bonds. The van der Waals surface area contributed by atoms with Crippen LogP contribution in [-0.2, 0) is 14.3 Å². The zero-order valence-electron chi connectivity index (χ0n) is 8.50. The van der Waals surface area contributed by atoms with Crippen LogP contribution in [-0.4, -0.2) is 43.4 Å². The second-order valence-corrected chi connectivity index (χ2v) is 3.11. The Hall–Kier alpha value is -1.31. The van der Waals surface area contributed by atoms with Crippen molar-refractivity contribution < 1.29 is 32.6 Å². The number of aliphatic carboxylic acids is 1. The Bertz CT molecular complexity index is 250. The zero-order chi connectivity index (χ0) is 12.8. The van der Waals surface area contributed by atoms with Gasteiger partial charge in [-0.1, -0.05) is 0 Å². The van der Waals surface area contributed by atoms with E-state index >= 15 is 0 Å². The molecule has 0 atom stereocenters. The van der Waals surface area contributed by atoms with Crippen LogP contribution in [0.1, 0.15) is 6.42 Å². The van der Waals surface area contributed by atoms with Crippen LogP contribution in [0.3, 0.4) is 0 Å². The minimum Gasteiger partial charge on any atom is -0.475 e. The molecule has 1 rings (SSSR count). The summed E-state index contributed by atoms with van der Waals surface area (Å²) in [5, 5.41) is 10.2. The normalized spacial score (nSPS) is 15.5. The number of rotatable bonds is 2. The molecule has 0 radical (unpaired) electrons. The lowest BCUT2D eigenvalue weighted by Crippen LogP contribution is -2.43. The second kappa shape index (κ2) is 6.31. The Morgan fingerprint density at radius 2 is 1.88 bits per heavy atom. The summed E-state index contributed by atoms with van der Waals surface area (Å²) >= 11 is 0. The van der Waals surface area contributed by atoms with Gasteiger partial charge in [-0.3, -0.25) is 4.79 Å². The van der Waals surface area contributed by atoms with E-state index in [-0.39, 0.29) is 5.97 Å². The van der Waals surface area contributed by atoms with Gasteiger partial charge in [0.15, 0.2) is 0 Å². The molecule has 8 heteroatoms. The van der Waals surface area contributed by atoms with Crippen LogP contribution in [0.5, 0.6) is 0 Å². The number of hydrogen-bond acceptors (Lipinski definition) is 4. The number of carboxylic acids is 1. The number of carbonyl (C=O) groups excluding carboxylic acids is 1. The minimum absolute atomic E-state index is 0.0958. The van der Waals surface area contributed by atoms with Crippen molar-refractivity contribution in [2.75, 3.05) is 20.2 Å². The van der Waals surface area contributed by atoms with Gasteiger partial charge in [0.1, 0.15) is 0 Å². The molecule has 0 aromatic heterocycles. The van der Waals surface area contributed by atoms with E-state index in [0.29, 0.717) is 12.3 Å². The maximum Gasteiger partial charge on any atom is 0.490 e. The van der Waals surface area contributed by atoms with E-state index in [0.717, 1.165) is 13.1 Å². The molecule has 0 aromatic rings. The van der Waals surface area contributed by atoms with Crippen LogP contribution in [0.2, 0.25) is 0 Å². The van der Waals surface area contributed by atoms with Crippen LogP contribution in [0, 0.1) is 5.92 Å². The first-order chi connectivity index (χ1) is 7.27. The van der Waals surface area contributed by atoms with Crippen LogP contribution in [0.25, 0.3) is 0 Å². The highest BCUT2D eigenvalue weighted by atomic mass is 19.4. The first-order valence-electron chi connectivity index (χ1n) is 4.35. The highest BCUT2D eigenvalue weighted by Crippen LogP contribution is 2.13. The van der Waals surface area contributed by atoms with Gasteiger partial charge in [-0.15, -0.1) is 0 Å². The Balaban J connectivity index is 0.000000293. The molecule has 1 saturated heterocycles. The smallest absolute Gasteiger partial charge is 0.475 e. The number of methoxy groups -OCH3 is 1. The molecule has 2 N–H and O–H groups in total. The number of ether oxygens (including phenoxy) is 1. The summed E-state index contributed by atoms with van der Waals surface area (Å²) < 4.78 is 36.2. The van der Waals surface area contributed by atoms with E-state index in [9.17, 15) is 18.0 Å². The average molecular weight is 243 g/mol. The minimum atomic E-state index is -5.08. The number of alkyl halides is 3. The molecule has 0 unspecified atom stereocenters. The van der Waals surface area contributed by atoms with Gasteiger partial charge in [0.25, 0.3) is 0 Å². The number of carboxylic acid groups (broad SMARTS) is 1. The summed E-state index contributed by atoms with van der Waals surface area (Å²) in [6.07, 6.45) is -4.51. The van der Waals surface area contributed by atoms with E-state index in [2.05, 4.69) is 10.1 Å². The van der Waals surface area contributed by atoms with Crippen molar-refractivity contribution in [1.29, 1.82) is 0 Å². The number of halogens is 3. The molecule has 1 heterocycles. The standard InChI is InChI=1S/C6H11NO2.C2HF3O2/c1-9-6(8)2-5-3-7-4-5;3-2(4,5)1(6)7/h5,7H,2-4H2,1H3;(H,6,7). The Morgan fingerprint density at radius 3 is 2.06 bits per heavy atom. The monoisotopic (exact) mass is 243 g/mol. The van der Waals surface area contributed by atoms with Crippen LogP contribution in [0.15, 0.2) is 0 Å². The number of carbonyl (C=O) groups is 2. The van der Waals surface area contributed by atoms with Crippen molar-refractivity contribution in [3.63, 3.8) is 0 Å². The molecular formula is C8H12F3NO4. The van der Waals surface area contributed by atoms with E-state index in [1.807, 2.05) is 0 Å². The molecular weight excluding hydrogens is 231 g/mol. The van der Waals surface area contributed by atoms with Gasteiger partial charge in [-0.2, -0.15) is 13.2 Å². The van der Waals surface area contributed by atoms with Crippen LogP contribution in [0.4, 0.5) is 13.2 Å². The molecule has 0 aliphatic carbocycles. The van der Waals surface area contributed by atoms with Gasteiger partial charge < -0.3 is 15.2 Å². The van der Waals surface area contributed by atoms with Crippen LogP contribution < -0.4 is 5.32 Å². The van der Waals surface area contributed by atoms with Crippen molar-refractivity contribution in [2.45, 2.75) is 12.6 Å². The third-order valence-corrected chi connectivity index (χ3v) is 1.79. The fourth-order valence-electron chi connectivity index (χ4n) is 0.812. The summed E-state index contributed by atoms with van der Waals surface area (Å²) in [6, 6.07) is 0. The number of esters is 1. The molecule has 0 bridgehead atoms. The Kier molecular flexibility index (Phi) is 5.79. The largest absolute Gasteiger partial charge is 0.490 e. The van der Waals surface area contributed by atoms with E-state index < -0.39 is 12.1 Å². The Labute approximate surface area is 89.6 Å². The third-order valence-electron chi connectivity index (χ3n) is 1.79. The van der Waals surface area contributed by atoms with Crippen molar-refractivity contribution in [1.82, 2.24) is 5.32 Å². The maximum atomic E-state index is 10.6. The molecule has 1 aliphatic heterocycles. The van der Waals surface area contributed by atoms with E-state index in [1.165, 1.54) is 7.11 Å². The fraction of sp³-hybridized carbons (Fsp3) is 0.750. The van der Waals surface area contributed by atoms with Crippen molar-refractivity contribution in [3.05, 3.63) is 0 Å². The van der Waals surface area contributed by atoms with Crippen LogP contribution >= 0.6 is 0 Å². The quantitative estimate of drug-likeness (QED) is 0.687. The predicted molar refractivity (Wildman–Crippen MR) is 46.7 cm³/mol. The third kappa shape index (κ3) is 6.23. The molecule has 0 aromatic carbocycles. The molecule has 0 saturated carbocycles. The lowest BCUT2D eigenvalue weighted by atomic mass is 10.00. The SMILES string of the molecule is COC(=O)CC1CNC1.O=C(O)C(F)(F)F. The van der Waals surface area contributed by atoms with Gasteiger partial charge in [0, 0.05) is 0 Å². The summed E-state index contributed by atoms with van der Waals surface area (Å²) in [5.41, 5.74) is 0. The highest BCUT2D eigenvalue weighted by Gasteiger charge is 2.38. The summed E-state index contributed by atoms with van der Waals surface area (Å²) in [6.45, 7) is 1.93. The van der Waals surface area contributed by atoms with Gasteiger partial charge in [-0.05, 0) is 19.0 Å². The van der Waals surface area contributed by atoms with Crippen molar-refractivity contribution in [3.8, 4) is 0 Å². The van der Waals surface area contributed by atoms with Crippen molar-refractivity contribution in [2.24, 2.45) is 5.92 Å². The molecule has 1 aliphatic rings. The van der Waals surface area contributed by atoms with E-state index in [1.54, 1.807) is 0 Å². The molecule has 16 heavy (non-hydrogen) atoms. The van der Waals surface area contributed by atoms with Crippen molar-refractivity contribution >= 4 is 11.9 Å².